The average molecular weight is 242 g/mol. The Morgan fingerprint density at radius 2 is 1.59 bits per heavy atom. The van der Waals surface area contributed by atoms with Crippen LogP contribution in [-0.4, -0.2) is 12.6 Å². The fourth-order valence-corrected chi connectivity index (χ4v) is 2.08. The number of rotatable bonds is 10. The summed E-state index contributed by atoms with van der Waals surface area (Å²) in [7, 11) is 0. The van der Waals surface area contributed by atoms with Crippen LogP contribution in [0, 0.1) is 5.41 Å². The lowest BCUT2D eigenvalue weighted by molar-refractivity contribution is -0.141. The van der Waals surface area contributed by atoms with E-state index in [4.69, 9.17) is 4.74 Å². The van der Waals surface area contributed by atoms with E-state index in [1.165, 1.54) is 45.4 Å². The molecule has 0 rings (SSSR count). The highest BCUT2D eigenvalue weighted by atomic mass is 16.5. The van der Waals surface area contributed by atoms with Crippen molar-refractivity contribution < 1.29 is 9.53 Å². The maximum atomic E-state index is 10.6. The van der Waals surface area contributed by atoms with Crippen LogP contribution in [0.5, 0.6) is 0 Å². The molecule has 0 heterocycles. The number of carbonyl (C=O) groups excluding carboxylic acids is 1. The van der Waals surface area contributed by atoms with Gasteiger partial charge in [0, 0.05) is 6.92 Å². The zero-order chi connectivity index (χ0) is 13.1. The van der Waals surface area contributed by atoms with Crippen LogP contribution < -0.4 is 0 Å². The van der Waals surface area contributed by atoms with Crippen LogP contribution >= 0.6 is 0 Å². The fourth-order valence-electron chi connectivity index (χ4n) is 2.08. The van der Waals surface area contributed by atoms with Crippen LogP contribution in [-0.2, 0) is 9.53 Å². The molecule has 0 aromatic heterocycles. The first-order chi connectivity index (χ1) is 7.98. The van der Waals surface area contributed by atoms with E-state index in [1.54, 1.807) is 0 Å². The van der Waals surface area contributed by atoms with Crippen molar-refractivity contribution in [2.24, 2.45) is 5.41 Å². The minimum Gasteiger partial charge on any atom is -0.466 e. The smallest absolute Gasteiger partial charge is 0.302 e. The van der Waals surface area contributed by atoms with Crippen LogP contribution in [0.15, 0.2) is 0 Å². The number of hydrogen-bond acceptors (Lipinski definition) is 2. The Labute approximate surface area is 107 Å². The Hall–Kier alpha value is -0.530. The molecular formula is C15H30O2. The SMILES string of the molecule is CCCCCCC(C)(C)CCCCOC(C)=O. The predicted octanol–water partition coefficient (Wildman–Crippen LogP) is 4.72. The van der Waals surface area contributed by atoms with Crippen LogP contribution in [0.2, 0.25) is 0 Å². The van der Waals surface area contributed by atoms with Crippen molar-refractivity contribution in [3.8, 4) is 0 Å². The summed E-state index contributed by atoms with van der Waals surface area (Å²) in [6.45, 7) is 9.01. The van der Waals surface area contributed by atoms with Gasteiger partial charge in [-0.25, -0.2) is 0 Å². The second-order valence-electron chi connectivity index (χ2n) is 5.77. The van der Waals surface area contributed by atoms with E-state index in [9.17, 15) is 4.79 Å². The molecule has 0 spiro atoms. The summed E-state index contributed by atoms with van der Waals surface area (Å²) in [6, 6.07) is 0. The number of carbonyl (C=O) groups is 1. The topological polar surface area (TPSA) is 26.3 Å². The highest BCUT2D eigenvalue weighted by Crippen LogP contribution is 2.29. The van der Waals surface area contributed by atoms with Crippen molar-refractivity contribution in [3.05, 3.63) is 0 Å². The minimum absolute atomic E-state index is 0.163. The molecule has 2 heteroatoms. The van der Waals surface area contributed by atoms with E-state index >= 15 is 0 Å². The maximum absolute atomic E-state index is 10.6. The zero-order valence-electron chi connectivity index (χ0n) is 12.2. The molecule has 17 heavy (non-hydrogen) atoms. The molecule has 0 aliphatic carbocycles. The van der Waals surface area contributed by atoms with E-state index in [1.807, 2.05) is 0 Å². The van der Waals surface area contributed by atoms with E-state index in [0.29, 0.717) is 12.0 Å². The van der Waals surface area contributed by atoms with Gasteiger partial charge >= 0.3 is 5.97 Å². The van der Waals surface area contributed by atoms with Crippen molar-refractivity contribution in [3.63, 3.8) is 0 Å². The summed E-state index contributed by atoms with van der Waals surface area (Å²) in [4.78, 5) is 10.6. The molecule has 0 bridgehead atoms. The summed E-state index contributed by atoms with van der Waals surface area (Å²) in [5, 5.41) is 0. The maximum Gasteiger partial charge on any atom is 0.302 e. The Balaban J connectivity index is 3.46. The third kappa shape index (κ3) is 11.7. The standard InChI is InChI=1S/C15H30O2/c1-5-6-7-8-11-15(3,4)12-9-10-13-17-14(2)16/h5-13H2,1-4H3. The van der Waals surface area contributed by atoms with Crippen molar-refractivity contribution in [1.29, 1.82) is 0 Å². The molecular weight excluding hydrogens is 212 g/mol. The van der Waals surface area contributed by atoms with E-state index in [-0.39, 0.29) is 5.97 Å². The van der Waals surface area contributed by atoms with Crippen molar-refractivity contribution in [2.75, 3.05) is 6.61 Å². The summed E-state index contributed by atoms with van der Waals surface area (Å²) >= 11 is 0. The number of hydrogen-bond donors (Lipinski definition) is 0. The Morgan fingerprint density at radius 1 is 1.00 bits per heavy atom. The minimum atomic E-state index is -0.163. The molecule has 0 aliphatic heterocycles. The first-order valence-electron chi connectivity index (χ1n) is 7.11. The number of unbranched alkanes of at least 4 members (excludes halogenated alkanes) is 4. The van der Waals surface area contributed by atoms with Gasteiger partial charge in [-0.15, -0.1) is 0 Å². The molecule has 0 unspecified atom stereocenters. The van der Waals surface area contributed by atoms with Gasteiger partial charge in [0.25, 0.3) is 0 Å². The molecule has 102 valence electrons. The summed E-state index contributed by atoms with van der Waals surface area (Å²) in [5.41, 5.74) is 0.448. The second-order valence-corrected chi connectivity index (χ2v) is 5.77. The van der Waals surface area contributed by atoms with Gasteiger partial charge in [-0.3, -0.25) is 4.79 Å². The molecule has 0 aromatic rings. The third-order valence-electron chi connectivity index (χ3n) is 3.26. The first kappa shape index (κ1) is 16.5. The predicted molar refractivity (Wildman–Crippen MR) is 73.0 cm³/mol. The largest absolute Gasteiger partial charge is 0.466 e. The van der Waals surface area contributed by atoms with Crippen LogP contribution in [0.1, 0.15) is 79.1 Å². The molecule has 0 saturated carbocycles. The Kier molecular flexibility index (Phi) is 9.20. The van der Waals surface area contributed by atoms with Crippen molar-refractivity contribution >= 4 is 5.97 Å². The summed E-state index contributed by atoms with van der Waals surface area (Å²) in [6.07, 6.45) is 10.1. The number of ether oxygens (including phenoxy) is 1. The molecule has 0 amide bonds. The molecule has 2 nitrogen and oxygen atoms in total. The Bertz CT molecular complexity index is 197. The zero-order valence-corrected chi connectivity index (χ0v) is 12.2. The first-order valence-corrected chi connectivity index (χ1v) is 7.11. The van der Waals surface area contributed by atoms with Gasteiger partial charge < -0.3 is 4.74 Å². The van der Waals surface area contributed by atoms with Gasteiger partial charge in [0.2, 0.25) is 0 Å². The van der Waals surface area contributed by atoms with Crippen LogP contribution in [0.3, 0.4) is 0 Å². The van der Waals surface area contributed by atoms with Gasteiger partial charge in [0.15, 0.2) is 0 Å². The molecule has 0 N–H and O–H groups in total. The monoisotopic (exact) mass is 242 g/mol. The van der Waals surface area contributed by atoms with Gasteiger partial charge in [-0.2, -0.15) is 0 Å². The summed E-state index contributed by atoms with van der Waals surface area (Å²) < 4.78 is 4.93. The lowest BCUT2D eigenvalue weighted by Gasteiger charge is -2.24. The lowest BCUT2D eigenvalue weighted by atomic mass is 9.82. The van der Waals surface area contributed by atoms with Crippen LogP contribution in [0.25, 0.3) is 0 Å². The molecule has 0 aliphatic rings. The van der Waals surface area contributed by atoms with Crippen molar-refractivity contribution in [2.45, 2.75) is 79.1 Å². The van der Waals surface area contributed by atoms with Crippen LogP contribution in [0.4, 0.5) is 0 Å². The Morgan fingerprint density at radius 3 is 2.12 bits per heavy atom. The molecule has 0 aromatic carbocycles. The lowest BCUT2D eigenvalue weighted by Crippen LogP contribution is -2.11. The molecule has 0 atom stereocenters. The number of esters is 1. The second kappa shape index (κ2) is 9.49. The van der Waals surface area contributed by atoms with E-state index in [0.717, 1.165) is 12.8 Å². The van der Waals surface area contributed by atoms with Gasteiger partial charge in [-0.1, -0.05) is 46.5 Å². The summed E-state index contributed by atoms with van der Waals surface area (Å²) in [5.74, 6) is -0.163. The normalized spacial score (nSPS) is 11.5. The van der Waals surface area contributed by atoms with E-state index in [2.05, 4.69) is 20.8 Å². The molecule has 0 radical (unpaired) electrons. The molecule has 0 saturated heterocycles. The highest BCUT2D eigenvalue weighted by molar-refractivity contribution is 5.65. The third-order valence-corrected chi connectivity index (χ3v) is 3.26. The van der Waals surface area contributed by atoms with Gasteiger partial charge in [-0.05, 0) is 31.1 Å². The van der Waals surface area contributed by atoms with Gasteiger partial charge in [0.1, 0.15) is 0 Å². The fraction of sp³-hybridized carbons (Fsp3) is 0.933. The quantitative estimate of drug-likeness (QED) is 0.409. The van der Waals surface area contributed by atoms with Crippen molar-refractivity contribution in [1.82, 2.24) is 0 Å². The van der Waals surface area contributed by atoms with E-state index < -0.39 is 0 Å². The van der Waals surface area contributed by atoms with Gasteiger partial charge in [0.05, 0.1) is 6.61 Å². The molecule has 0 fully saturated rings. The highest BCUT2D eigenvalue weighted by Gasteiger charge is 2.16. The average Bonchev–Trinajstić information content (AvgIpc) is 2.23.